The number of piperidine rings is 1. The molecule has 5 heteroatoms. The molecule has 1 aliphatic heterocycles. The van der Waals surface area contributed by atoms with E-state index in [9.17, 15) is 9.59 Å². The third kappa shape index (κ3) is 3.82. The van der Waals surface area contributed by atoms with Crippen LogP contribution in [0.2, 0.25) is 0 Å². The topological polar surface area (TPSA) is 75.4 Å². The molecule has 1 aliphatic rings. The first kappa shape index (κ1) is 15.5. The number of nitrogens with two attached hydrogens (primary N) is 1. The van der Waals surface area contributed by atoms with Crippen molar-refractivity contribution in [2.75, 3.05) is 19.6 Å². The number of hydrogen-bond acceptors (Lipinski definition) is 3. The van der Waals surface area contributed by atoms with Gasteiger partial charge in [0, 0.05) is 24.7 Å². The minimum Gasteiger partial charge on any atom is -0.343 e. The molecular weight excluding hydrogens is 266 g/mol. The van der Waals surface area contributed by atoms with E-state index in [-0.39, 0.29) is 29.8 Å². The zero-order chi connectivity index (χ0) is 15.5. The van der Waals surface area contributed by atoms with Crippen LogP contribution in [0.25, 0.3) is 0 Å². The van der Waals surface area contributed by atoms with Crippen LogP contribution < -0.4 is 11.1 Å². The molecule has 0 bridgehead atoms. The van der Waals surface area contributed by atoms with Crippen molar-refractivity contribution in [1.29, 1.82) is 0 Å². The summed E-state index contributed by atoms with van der Waals surface area (Å²) >= 11 is 0. The van der Waals surface area contributed by atoms with Gasteiger partial charge in [-0.2, -0.15) is 0 Å². The molecule has 5 nitrogen and oxygen atoms in total. The Morgan fingerprint density at radius 3 is 2.62 bits per heavy atom. The number of nitrogens with one attached hydrogen (secondary N) is 1. The summed E-state index contributed by atoms with van der Waals surface area (Å²) in [6.45, 7) is 5.46. The average molecular weight is 289 g/mol. The number of benzene rings is 1. The molecule has 0 spiro atoms. The number of likely N-dealkylation sites (tertiary alicyclic amines) is 1. The highest BCUT2D eigenvalue weighted by atomic mass is 16.2. The van der Waals surface area contributed by atoms with E-state index < -0.39 is 0 Å². The molecule has 0 saturated carbocycles. The summed E-state index contributed by atoms with van der Waals surface area (Å²) in [5.74, 6) is -0.281. The van der Waals surface area contributed by atoms with Crippen LogP contribution in [0.4, 0.5) is 0 Å². The molecule has 3 N–H and O–H groups in total. The van der Waals surface area contributed by atoms with Crippen LogP contribution >= 0.6 is 0 Å². The van der Waals surface area contributed by atoms with Crippen LogP contribution in [0.3, 0.4) is 0 Å². The van der Waals surface area contributed by atoms with Gasteiger partial charge in [-0.15, -0.1) is 0 Å². The van der Waals surface area contributed by atoms with Crippen LogP contribution in [0, 0.1) is 5.41 Å². The minimum atomic E-state index is -0.225. The molecule has 21 heavy (non-hydrogen) atoms. The van der Waals surface area contributed by atoms with Crippen molar-refractivity contribution in [2.45, 2.75) is 26.3 Å². The molecule has 1 fully saturated rings. The van der Waals surface area contributed by atoms with Crippen molar-refractivity contribution in [2.24, 2.45) is 11.1 Å². The molecule has 1 atom stereocenters. The van der Waals surface area contributed by atoms with E-state index in [1.54, 1.807) is 29.2 Å². The van der Waals surface area contributed by atoms with Crippen molar-refractivity contribution in [3.05, 3.63) is 35.9 Å². The lowest BCUT2D eigenvalue weighted by Crippen LogP contribution is -2.55. The first-order chi connectivity index (χ1) is 9.90. The SMILES string of the molecule is CC1(C)CN(C(=O)CNC(=O)c2ccccc2)CCC1N. The number of nitrogens with zero attached hydrogens (tertiary/aromatic N) is 1. The normalized spacial score (nSPS) is 20.9. The van der Waals surface area contributed by atoms with Gasteiger partial charge in [-0.05, 0) is 24.0 Å². The molecule has 0 aromatic heterocycles. The lowest BCUT2D eigenvalue weighted by atomic mass is 9.79. The van der Waals surface area contributed by atoms with E-state index in [1.807, 2.05) is 6.07 Å². The van der Waals surface area contributed by atoms with Gasteiger partial charge in [0.2, 0.25) is 5.91 Å². The summed E-state index contributed by atoms with van der Waals surface area (Å²) in [5.41, 5.74) is 6.54. The summed E-state index contributed by atoms with van der Waals surface area (Å²) in [5, 5.41) is 2.67. The standard InChI is InChI=1S/C16H23N3O2/c1-16(2)11-19(9-8-13(16)17)14(20)10-18-15(21)12-6-4-3-5-7-12/h3-7,13H,8-11,17H2,1-2H3,(H,18,21). The van der Waals surface area contributed by atoms with E-state index in [1.165, 1.54) is 0 Å². The van der Waals surface area contributed by atoms with Gasteiger partial charge in [0.15, 0.2) is 0 Å². The van der Waals surface area contributed by atoms with Gasteiger partial charge < -0.3 is 16.0 Å². The molecular formula is C16H23N3O2. The van der Waals surface area contributed by atoms with Gasteiger partial charge >= 0.3 is 0 Å². The number of hydrogen-bond donors (Lipinski definition) is 2. The zero-order valence-corrected chi connectivity index (χ0v) is 12.6. The Kier molecular flexibility index (Phi) is 4.63. The molecule has 1 saturated heterocycles. The maximum absolute atomic E-state index is 12.2. The molecule has 1 aromatic carbocycles. The van der Waals surface area contributed by atoms with Gasteiger partial charge in [-0.25, -0.2) is 0 Å². The number of carbonyl (C=O) groups excluding carboxylic acids is 2. The molecule has 0 radical (unpaired) electrons. The summed E-state index contributed by atoms with van der Waals surface area (Å²) in [7, 11) is 0. The molecule has 2 amide bonds. The third-order valence-electron chi connectivity index (χ3n) is 4.10. The van der Waals surface area contributed by atoms with Crippen molar-refractivity contribution in [1.82, 2.24) is 10.2 Å². The van der Waals surface area contributed by atoms with E-state index in [4.69, 9.17) is 5.73 Å². The lowest BCUT2D eigenvalue weighted by molar-refractivity contribution is -0.133. The number of amides is 2. The maximum Gasteiger partial charge on any atom is 0.251 e. The van der Waals surface area contributed by atoms with Gasteiger partial charge in [0.25, 0.3) is 5.91 Å². The zero-order valence-electron chi connectivity index (χ0n) is 12.6. The first-order valence-corrected chi connectivity index (χ1v) is 7.27. The molecule has 1 heterocycles. The third-order valence-corrected chi connectivity index (χ3v) is 4.10. The molecule has 114 valence electrons. The fraction of sp³-hybridized carbons (Fsp3) is 0.500. The highest BCUT2D eigenvalue weighted by Crippen LogP contribution is 2.27. The quantitative estimate of drug-likeness (QED) is 0.871. The number of carbonyl (C=O) groups is 2. The summed E-state index contributed by atoms with van der Waals surface area (Å²) < 4.78 is 0. The molecule has 1 unspecified atom stereocenters. The largest absolute Gasteiger partial charge is 0.343 e. The van der Waals surface area contributed by atoms with Crippen molar-refractivity contribution in [3.63, 3.8) is 0 Å². The van der Waals surface area contributed by atoms with Gasteiger partial charge in [0.05, 0.1) is 6.54 Å². The minimum absolute atomic E-state index is 0.0268. The summed E-state index contributed by atoms with van der Waals surface area (Å²) in [6, 6.07) is 9.00. The Balaban J connectivity index is 1.87. The van der Waals surface area contributed by atoms with Crippen LogP contribution in [-0.2, 0) is 4.79 Å². The van der Waals surface area contributed by atoms with Crippen molar-refractivity contribution < 1.29 is 9.59 Å². The fourth-order valence-electron chi connectivity index (χ4n) is 2.55. The van der Waals surface area contributed by atoms with E-state index in [0.29, 0.717) is 18.7 Å². The maximum atomic E-state index is 12.2. The summed E-state index contributed by atoms with van der Waals surface area (Å²) in [4.78, 5) is 25.9. The Labute approximate surface area is 125 Å². The van der Waals surface area contributed by atoms with Crippen LogP contribution in [0.1, 0.15) is 30.6 Å². The monoisotopic (exact) mass is 289 g/mol. The Morgan fingerprint density at radius 2 is 2.00 bits per heavy atom. The second-order valence-corrected chi connectivity index (χ2v) is 6.25. The number of rotatable bonds is 3. The molecule has 1 aromatic rings. The Bertz CT molecular complexity index is 514. The lowest BCUT2D eigenvalue weighted by Gasteiger charge is -2.42. The van der Waals surface area contributed by atoms with E-state index in [0.717, 1.165) is 6.42 Å². The van der Waals surface area contributed by atoms with Gasteiger partial charge in [-0.3, -0.25) is 9.59 Å². The Hall–Kier alpha value is -1.88. The van der Waals surface area contributed by atoms with Crippen molar-refractivity contribution >= 4 is 11.8 Å². The smallest absolute Gasteiger partial charge is 0.251 e. The molecule has 0 aliphatic carbocycles. The second-order valence-electron chi connectivity index (χ2n) is 6.25. The van der Waals surface area contributed by atoms with Crippen LogP contribution in [-0.4, -0.2) is 42.4 Å². The van der Waals surface area contributed by atoms with Gasteiger partial charge in [0.1, 0.15) is 0 Å². The highest BCUT2D eigenvalue weighted by molar-refractivity contribution is 5.96. The fourth-order valence-corrected chi connectivity index (χ4v) is 2.55. The molecule has 2 rings (SSSR count). The highest BCUT2D eigenvalue weighted by Gasteiger charge is 2.35. The van der Waals surface area contributed by atoms with E-state index in [2.05, 4.69) is 19.2 Å². The summed E-state index contributed by atoms with van der Waals surface area (Å²) in [6.07, 6.45) is 0.797. The average Bonchev–Trinajstić information content (AvgIpc) is 2.48. The van der Waals surface area contributed by atoms with Crippen LogP contribution in [0.15, 0.2) is 30.3 Å². The predicted octanol–water partition coefficient (Wildman–Crippen LogP) is 1.00. The Morgan fingerprint density at radius 1 is 1.33 bits per heavy atom. The second kappa shape index (κ2) is 6.26. The first-order valence-electron chi connectivity index (χ1n) is 7.27. The van der Waals surface area contributed by atoms with E-state index >= 15 is 0 Å². The van der Waals surface area contributed by atoms with Crippen LogP contribution in [0.5, 0.6) is 0 Å². The predicted molar refractivity (Wildman–Crippen MR) is 81.7 cm³/mol. The van der Waals surface area contributed by atoms with Crippen molar-refractivity contribution in [3.8, 4) is 0 Å². The van der Waals surface area contributed by atoms with Gasteiger partial charge in [-0.1, -0.05) is 32.0 Å².